The van der Waals surface area contributed by atoms with Crippen LogP contribution < -0.4 is 5.73 Å². The van der Waals surface area contributed by atoms with Crippen LogP contribution in [-0.2, 0) is 38.0 Å². The maximum absolute atomic E-state index is 12.4. The molecular formula is C18H27NO10. The number of hydrogen-bond acceptors (Lipinski definition) is 11. The zero-order chi connectivity index (χ0) is 21.4. The maximum atomic E-state index is 12.4. The molecule has 2 fully saturated rings. The molecule has 0 aromatic carbocycles. The van der Waals surface area contributed by atoms with Crippen LogP contribution in [0.5, 0.6) is 0 Å². The molecule has 164 valence electrons. The third kappa shape index (κ3) is 5.72. The topological polar surface area (TPSA) is 150 Å². The highest BCUT2D eigenvalue weighted by Crippen LogP contribution is 2.62. The number of fused-ring (bicyclic) bond motifs is 1. The number of hydrogen-bond donors (Lipinski definition) is 1. The summed E-state index contributed by atoms with van der Waals surface area (Å²) >= 11 is 0. The predicted octanol–water partition coefficient (Wildman–Crippen LogP) is 0.772. The Bertz CT molecular complexity index is 624. The Kier molecular flexibility index (Phi) is 8.06. The minimum absolute atomic E-state index is 0.0400. The van der Waals surface area contributed by atoms with Crippen molar-refractivity contribution in [3.63, 3.8) is 0 Å². The molecule has 0 saturated heterocycles. The zero-order valence-corrected chi connectivity index (χ0v) is 16.5. The Morgan fingerprint density at radius 3 is 1.90 bits per heavy atom. The number of esters is 2. The quantitative estimate of drug-likeness (QED) is 0.305. The van der Waals surface area contributed by atoms with Crippen molar-refractivity contribution in [1.82, 2.24) is 0 Å². The number of ether oxygens (including phenoxy) is 6. The Labute approximate surface area is 168 Å². The summed E-state index contributed by atoms with van der Waals surface area (Å²) in [4.78, 5) is 46.7. The Hall–Kier alpha value is -2.56. The van der Waals surface area contributed by atoms with E-state index < -0.39 is 35.7 Å². The van der Waals surface area contributed by atoms with Crippen molar-refractivity contribution in [2.24, 2.45) is 23.5 Å². The van der Waals surface area contributed by atoms with E-state index in [2.05, 4.69) is 9.47 Å². The highest BCUT2D eigenvalue weighted by molar-refractivity contribution is 5.87. The van der Waals surface area contributed by atoms with Crippen LogP contribution in [-0.4, -0.2) is 69.4 Å². The van der Waals surface area contributed by atoms with Crippen LogP contribution in [0.1, 0.15) is 26.7 Å². The van der Waals surface area contributed by atoms with Gasteiger partial charge in [0.1, 0.15) is 32.0 Å². The number of nitrogens with two attached hydrogens (primary N) is 1. The van der Waals surface area contributed by atoms with Crippen molar-refractivity contribution >= 4 is 24.2 Å². The van der Waals surface area contributed by atoms with Crippen LogP contribution >= 0.6 is 0 Å². The second-order valence-corrected chi connectivity index (χ2v) is 6.66. The standard InChI is InChI=1S/C18H27NO10/c1-3-24-16(22)28-9-7-26-14(20)12-11-5-6-18(19,13(11)12)15(21)27-8-10-29-17(23)25-4-2/h11-13H,3-10,19H2,1-2H3/t11-,12-,13-,18-/m0/s1. The van der Waals surface area contributed by atoms with Gasteiger partial charge in [0.25, 0.3) is 0 Å². The highest BCUT2D eigenvalue weighted by atomic mass is 16.7. The molecule has 0 aromatic rings. The summed E-state index contributed by atoms with van der Waals surface area (Å²) in [5.74, 6) is -2.01. The average Bonchev–Trinajstić information content (AvgIpc) is 3.32. The summed E-state index contributed by atoms with van der Waals surface area (Å²) in [5.41, 5.74) is 4.95. The summed E-state index contributed by atoms with van der Waals surface area (Å²) in [6.07, 6.45) is -0.670. The Balaban J connectivity index is 1.71. The van der Waals surface area contributed by atoms with Crippen molar-refractivity contribution in [3.8, 4) is 0 Å². The smallest absolute Gasteiger partial charge is 0.462 e. The van der Waals surface area contributed by atoms with E-state index >= 15 is 0 Å². The monoisotopic (exact) mass is 417 g/mol. The van der Waals surface area contributed by atoms with Crippen molar-refractivity contribution in [2.75, 3.05) is 39.6 Å². The molecule has 0 aliphatic heterocycles. The van der Waals surface area contributed by atoms with Crippen molar-refractivity contribution in [3.05, 3.63) is 0 Å². The van der Waals surface area contributed by atoms with E-state index in [1.54, 1.807) is 13.8 Å². The molecule has 0 unspecified atom stereocenters. The van der Waals surface area contributed by atoms with Gasteiger partial charge in [-0.2, -0.15) is 0 Å². The fourth-order valence-corrected chi connectivity index (χ4v) is 3.64. The summed E-state index contributed by atoms with van der Waals surface area (Å²) in [6.45, 7) is 3.11. The number of carbonyl (C=O) groups excluding carboxylic acids is 4. The molecule has 4 atom stereocenters. The fourth-order valence-electron chi connectivity index (χ4n) is 3.64. The summed E-state index contributed by atoms with van der Waals surface area (Å²) in [5, 5.41) is 0. The van der Waals surface area contributed by atoms with Gasteiger partial charge < -0.3 is 34.2 Å². The van der Waals surface area contributed by atoms with E-state index in [1.165, 1.54) is 0 Å². The minimum Gasteiger partial charge on any atom is -0.462 e. The lowest BCUT2D eigenvalue weighted by molar-refractivity contribution is -0.153. The minimum atomic E-state index is -1.28. The molecule has 0 aromatic heterocycles. The van der Waals surface area contributed by atoms with Gasteiger partial charge in [-0.25, -0.2) is 9.59 Å². The number of carbonyl (C=O) groups is 4. The third-order valence-electron chi connectivity index (χ3n) is 4.92. The molecule has 2 aliphatic carbocycles. The van der Waals surface area contributed by atoms with Gasteiger partial charge in [-0.1, -0.05) is 0 Å². The maximum Gasteiger partial charge on any atom is 0.508 e. The Morgan fingerprint density at radius 2 is 1.34 bits per heavy atom. The summed E-state index contributed by atoms with van der Waals surface area (Å²) in [6, 6.07) is 0. The molecule has 0 amide bonds. The SMILES string of the molecule is CCOC(=O)OCCOC(=O)[C@H]1[C@@H]2CC[C@@](N)(C(=O)OCCOC(=O)OCC)[C@@H]21. The van der Waals surface area contributed by atoms with Crippen LogP contribution in [0.3, 0.4) is 0 Å². The predicted molar refractivity (Wildman–Crippen MR) is 94.5 cm³/mol. The van der Waals surface area contributed by atoms with Gasteiger partial charge in [-0.05, 0) is 32.6 Å². The van der Waals surface area contributed by atoms with Gasteiger partial charge >= 0.3 is 24.2 Å². The third-order valence-corrected chi connectivity index (χ3v) is 4.92. The molecule has 11 nitrogen and oxygen atoms in total. The summed E-state index contributed by atoms with van der Waals surface area (Å²) < 4.78 is 28.8. The molecular weight excluding hydrogens is 390 g/mol. The van der Waals surface area contributed by atoms with Gasteiger partial charge in [0.2, 0.25) is 0 Å². The van der Waals surface area contributed by atoms with Crippen LogP contribution in [0.2, 0.25) is 0 Å². The van der Waals surface area contributed by atoms with E-state index in [4.69, 9.17) is 24.7 Å². The fraction of sp³-hybridized carbons (Fsp3) is 0.778. The zero-order valence-electron chi connectivity index (χ0n) is 16.5. The number of rotatable bonds is 10. The molecule has 0 heterocycles. The molecule has 2 rings (SSSR count). The molecule has 2 saturated carbocycles. The van der Waals surface area contributed by atoms with E-state index in [1.807, 2.05) is 0 Å². The first-order chi connectivity index (χ1) is 13.8. The van der Waals surface area contributed by atoms with Gasteiger partial charge in [-0.15, -0.1) is 0 Å². The second-order valence-electron chi connectivity index (χ2n) is 6.66. The van der Waals surface area contributed by atoms with E-state index in [9.17, 15) is 19.2 Å². The van der Waals surface area contributed by atoms with Crippen LogP contribution in [0.4, 0.5) is 9.59 Å². The highest BCUT2D eigenvalue weighted by Gasteiger charge is 2.70. The molecule has 29 heavy (non-hydrogen) atoms. The average molecular weight is 417 g/mol. The Morgan fingerprint density at radius 1 is 0.828 bits per heavy atom. The van der Waals surface area contributed by atoms with Crippen molar-refractivity contribution in [2.45, 2.75) is 32.2 Å². The van der Waals surface area contributed by atoms with E-state index in [-0.39, 0.29) is 51.5 Å². The van der Waals surface area contributed by atoms with Gasteiger partial charge in [0.05, 0.1) is 19.1 Å². The molecule has 11 heteroatoms. The lowest BCUT2D eigenvalue weighted by Gasteiger charge is -2.24. The first-order valence-electron chi connectivity index (χ1n) is 9.57. The molecule has 0 radical (unpaired) electrons. The van der Waals surface area contributed by atoms with E-state index in [0.29, 0.717) is 12.8 Å². The van der Waals surface area contributed by atoms with Crippen molar-refractivity contribution in [1.29, 1.82) is 0 Å². The normalized spacial score (nSPS) is 26.7. The first-order valence-corrected chi connectivity index (χ1v) is 9.57. The molecule has 2 aliphatic rings. The first kappa shape index (κ1) is 22.7. The van der Waals surface area contributed by atoms with Crippen LogP contribution in [0.15, 0.2) is 0 Å². The lowest BCUT2D eigenvalue weighted by Crippen LogP contribution is -2.51. The second kappa shape index (κ2) is 10.3. The largest absolute Gasteiger partial charge is 0.508 e. The van der Waals surface area contributed by atoms with Gasteiger partial charge in [0, 0.05) is 5.92 Å². The molecule has 2 N–H and O–H groups in total. The van der Waals surface area contributed by atoms with E-state index in [0.717, 1.165) is 0 Å². The van der Waals surface area contributed by atoms with Crippen molar-refractivity contribution < 1.29 is 47.6 Å². The lowest BCUT2D eigenvalue weighted by atomic mass is 9.91. The van der Waals surface area contributed by atoms with Crippen LogP contribution in [0.25, 0.3) is 0 Å². The molecule has 0 bridgehead atoms. The summed E-state index contributed by atoms with van der Waals surface area (Å²) in [7, 11) is 0. The van der Waals surface area contributed by atoms with Crippen LogP contribution in [0, 0.1) is 17.8 Å². The van der Waals surface area contributed by atoms with Gasteiger partial charge in [0.15, 0.2) is 0 Å². The van der Waals surface area contributed by atoms with Gasteiger partial charge in [-0.3, -0.25) is 9.59 Å². The molecule has 0 spiro atoms.